The molecule has 0 aromatic heterocycles. The van der Waals surface area contributed by atoms with Gasteiger partial charge in [0.25, 0.3) is 0 Å². The summed E-state index contributed by atoms with van der Waals surface area (Å²) in [5, 5.41) is 0. The fourth-order valence-electron chi connectivity index (χ4n) is 2.80. The monoisotopic (exact) mass is 283 g/mol. The van der Waals surface area contributed by atoms with E-state index in [0.717, 1.165) is 12.1 Å². The van der Waals surface area contributed by atoms with E-state index in [-0.39, 0.29) is 17.2 Å². The van der Waals surface area contributed by atoms with Gasteiger partial charge >= 0.3 is 0 Å². The first-order chi connectivity index (χ1) is 9.32. The van der Waals surface area contributed by atoms with Crippen molar-refractivity contribution in [2.75, 3.05) is 20.2 Å². The van der Waals surface area contributed by atoms with Crippen LogP contribution in [0.15, 0.2) is 18.2 Å². The SMILES string of the molecule is COc1ccc([C@@H]2CCN(C(C)(C)C)C[C@H]2F)cc1F. The number of methoxy groups -OCH3 is 1. The minimum Gasteiger partial charge on any atom is -0.494 e. The first-order valence-corrected chi connectivity index (χ1v) is 7.05. The van der Waals surface area contributed by atoms with Crippen LogP contribution in [0.2, 0.25) is 0 Å². The molecule has 0 aliphatic carbocycles. The zero-order valence-electron chi connectivity index (χ0n) is 12.6. The highest BCUT2D eigenvalue weighted by Gasteiger charge is 2.34. The Morgan fingerprint density at radius 1 is 1.30 bits per heavy atom. The van der Waals surface area contributed by atoms with Gasteiger partial charge in [-0.25, -0.2) is 8.78 Å². The molecular formula is C16H23F2NO. The Bertz CT molecular complexity index is 470. The molecule has 2 nitrogen and oxygen atoms in total. The summed E-state index contributed by atoms with van der Waals surface area (Å²) in [5.41, 5.74) is 0.699. The molecule has 4 heteroatoms. The molecule has 2 atom stereocenters. The molecule has 1 aromatic carbocycles. The van der Waals surface area contributed by atoms with Crippen LogP contribution >= 0.6 is 0 Å². The summed E-state index contributed by atoms with van der Waals surface area (Å²) in [7, 11) is 1.43. The number of halogens is 2. The van der Waals surface area contributed by atoms with Crippen LogP contribution in [-0.2, 0) is 0 Å². The Balaban J connectivity index is 2.13. The van der Waals surface area contributed by atoms with Crippen molar-refractivity contribution in [3.05, 3.63) is 29.6 Å². The van der Waals surface area contributed by atoms with Gasteiger partial charge in [-0.15, -0.1) is 0 Å². The molecule has 1 heterocycles. The van der Waals surface area contributed by atoms with Crippen molar-refractivity contribution in [1.29, 1.82) is 0 Å². The molecule has 2 rings (SSSR count). The topological polar surface area (TPSA) is 12.5 Å². The Morgan fingerprint density at radius 3 is 2.50 bits per heavy atom. The smallest absolute Gasteiger partial charge is 0.165 e. The lowest BCUT2D eigenvalue weighted by atomic mass is 9.86. The lowest BCUT2D eigenvalue weighted by Crippen LogP contribution is -2.50. The van der Waals surface area contributed by atoms with Gasteiger partial charge in [-0.1, -0.05) is 6.07 Å². The van der Waals surface area contributed by atoms with E-state index in [1.807, 2.05) is 0 Å². The van der Waals surface area contributed by atoms with E-state index in [1.54, 1.807) is 12.1 Å². The second-order valence-corrected chi connectivity index (χ2v) is 6.42. The highest BCUT2D eigenvalue weighted by atomic mass is 19.1. The molecule has 0 saturated carbocycles. The van der Waals surface area contributed by atoms with Crippen molar-refractivity contribution in [2.45, 2.75) is 44.8 Å². The number of alkyl halides is 1. The average molecular weight is 283 g/mol. The normalized spacial score (nSPS) is 24.7. The van der Waals surface area contributed by atoms with Gasteiger partial charge < -0.3 is 4.74 Å². The second-order valence-electron chi connectivity index (χ2n) is 6.42. The summed E-state index contributed by atoms with van der Waals surface area (Å²) in [6.07, 6.45) is -0.250. The summed E-state index contributed by atoms with van der Waals surface area (Å²) in [4.78, 5) is 2.15. The Morgan fingerprint density at radius 2 is 2.00 bits per heavy atom. The first-order valence-electron chi connectivity index (χ1n) is 7.05. The highest BCUT2D eigenvalue weighted by Crippen LogP contribution is 2.34. The average Bonchev–Trinajstić information content (AvgIpc) is 2.37. The van der Waals surface area contributed by atoms with Crippen molar-refractivity contribution >= 4 is 0 Å². The van der Waals surface area contributed by atoms with Gasteiger partial charge in [0.05, 0.1) is 7.11 Å². The molecule has 0 unspecified atom stereocenters. The van der Waals surface area contributed by atoms with E-state index in [4.69, 9.17) is 4.74 Å². The van der Waals surface area contributed by atoms with Crippen molar-refractivity contribution in [2.24, 2.45) is 0 Å². The van der Waals surface area contributed by atoms with Crippen LogP contribution < -0.4 is 4.74 Å². The maximum atomic E-state index is 14.4. The largest absolute Gasteiger partial charge is 0.494 e. The Kier molecular flexibility index (Phi) is 4.33. The number of likely N-dealkylation sites (tertiary alicyclic amines) is 1. The molecule has 1 aliphatic rings. The first kappa shape index (κ1) is 15.2. The highest BCUT2D eigenvalue weighted by molar-refractivity contribution is 5.32. The summed E-state index contributed by atoms with van der Waals surface area (Å²) < 4.78 is 33.1. The van der Waals surface area contributed by atoms with Gasteiger partial charge in [0.2, 0.25) is 0 Å². The van der Waals surface area contributed by atoms with E-state index < -0.39 is 12.0 Å². The van der Waals surface area contributed by atoms with Crippen LogP contribution in [0, 0.1) is 5.82 Å². The van der Waals surface area contributed by atoms with Gasteiger partial charge in [0.1, 0.15) is 6.17 Å². The molecule has 112 valence electrons. The number of nitrogens with zero attached hydrogens (tertiary/aromatic N) is 1. The molecule has 0 radical (unpaired) electrons. The second kappa shape index (κ2) is 5.68. The number of benzene rings is 1. The summed E-state index contributed by atoms with van der Waals surface area (Å²) in [5.74, 6) is -0.444. The lowest BCUT2D eigenvalue weighted by molar-refractivity contribution is 0.0494. The lowest BCUT2D eigenvalue weighted by Gasteiger charge is -2.42. The number of ether oxygens (including phenoxy) is 1. The summed E-state index contributed by atoms with van der Waals surface area (Å²) in [6, 6.07) is 4.75. The van der Waals surface area contributed by atoms with Gasteiger partial charge in [0, 0.05) is 18.0 Å². The van der Waals surface area contributed by atoms with Crippen molar-refractivity contribution in [3.8, 4) is 5.75 Å². The van der Waals surface area contributed by atoms with E-state index in [1.165, 1.54) is 13.2 Å². The zero-order valence-corrected chi connectivity index (χ0v) is 12.6. The third-order valence-corrected chi connectivity index (χ3v) is 4.09. The fraction of sp³-hybridized carbons (Fsp3) is 0.625. The van der Waals surface area contributed by atoms with Crippen molar-refractivity contribution in [1.82, 2.24) is 4.90 Å². The van der Waals surface area contributed by atoms with Crippen LogP contribution in [0.4, 0.5) is 8.78 Å². The maximum Gasteiger partial charge on any atom is 0.165 e. The van der Waals surface area contributed by atoms with Crippen LogP contribution in [0.25, 0.3) is 0 Å². The van der Waals surface area contributed by atoms with Gasteiger partial charge in [-0.2, -0.15) is 0 Å². The molecule has 1 fully saturated rings. The number of piperidine rings is 1. The molecular weight excluding hydrogens is 260 g/mol. The molecule has 20 heavy (non-hydrogen) atoms. The molecule has 1 saturated heterocycles. The van der Waals surface area contributed by atoms with Crippen LogP contribution in [0.1, 0.15) is 38.7 Å². The molecule has 0 N–H and O–H groups in total. The van der Waals surface area contributed by atoms with Crippen LogP contribution in [0.5, 0.6) is 5.75 Å². The summed E-state index contributed by atoms with van der Waals surface area (Å²) >= 11 is 0. The molecule has 0 spiro atoms. The van der Waals surface area contributed by atoms with Crippen molar-refractivity contribution < 1.29 is 13.5 Å². The maximum absolute atomic E-state index is 14.4. The quantitative estimate of drug-likeness (QED) is 0.819. The number of hydrogen-bond acceptors (Lipinski definition) is 2. The van der Waals surface area contributed by atoms with Gasteiger partial charge in [-0.05, 0) is 51.4 Å². The molecule has 1 aromatic rings. The van der Waals surface area contributed by atoms with Crippen molar-refractivity contribution in [3.63, 3.8) is 0 Å². The standard InChI is InChI=1S/C16H23F2NO/c1-16(2,3)19-8-7-12(14(18)10-19)11-5-6-15(20-4)13(17)9-11/h5-6,9,12,14H,7-8,10H2,1-4H3/t12-,14+/m0/s1. The zero-order chi connectivity index (χ0) is 14.9. The Labute approximate surface area is 119 Å². The predicted molar refractivity (Wildman–Crippen MR) is 76.5 cm³/mol. The third-order valence-electron chi connectivity index (χ3n) is 4.09. The van der Waals surface area contributed by atoms with E-state index in [9.17, 15) is 8.78 Å². The fourth-order valence-corrected chi connectivity index (χ4v) is 2.80. The van der Waals surface area contributed by atoms with E-state index in [2.05, 4.69) is 25.7 Å². The predicted octanol–water partition coefficient (Wildman–Crippen LogP) is 3.76. The molecule has 1 aliphatic heterocycles. The van der Waals surface area contributed by atoms with Crippen LogP contribution in [-0.4, -0.2) is 36.8 Å². The Hall–Kier alpha value is -1.16. The molecule has 0 bridgehead atoms. The van der Waals surface area contributed by atoms with Gasteiger partial charge in [0.15, 0.2) is 11.6 Å². The minimum atomic E-state index is -0.962. The van der Waals surface area contributed by atoms with Crippen LogP contribution in [0.3, 0.4) is 0 Å². The third kappa shape index (κ3) is 3.11. The summed E-state index contributed by atoms with van der Waals surface area (Å²) in [6.45, 7) is 7.51. The van der Waals surface area contributed by atoms with Gasteiger partial charge in [-0.3, -0.25) is 4.90 Å². The van der Waals surface area contributed by atoms with E-state index >= 15 is 0 Å². The number of rotatable bonds is 2. The minimum absolute atomic E-state index is 0.0273. The van der Waals surface area contributed by atoms with E-state index in [0.29, 0.717) is 13.0 Å². The molecule has 0 amide bonds. The number of hydrogen-bond donors (Lipinski definition) is 0.